The Hall–Kier alpha value is -1.30. The maximum atomic E-state index is 11.8. The normalized spacial score (nSPS) is 14.2. The number of hydrogen-bond acceptors (Lipinski definition) is 3. The van der Waals surface area contributed by atoms with Gasteiger partial charge in [0.2, 0.25) is 0 Å². The van der Waals surface area contributed by atoms with E-state index >= 15 is 0 Å². The summed E-state index contributed by atoms with van der Waals surface area (Å²) in [5.74, 6) is -1.24. The van der Waals surface area contributed by atoms with Gasteiger partial charge in [-0.1, -0.05) is 6.92 Å². The van der Waals surface area contributed by atoms with Gasteiger partial charge in [0.25, 0.3) is 0 Å². The highest BCUT2D eigenvalue weighted by atomic mass is 16.4. The Balaban J connectivity index is 4.62. The molecule has 0 bridgehead atoms. The van der Waals surface area contributed by atoms with E-state index in [0.717, 1.165) is 6.42 Å². The molecule has 0 rings (SSSR count). The topological polar surface area (TPSA) is 89.9 Å². The Bertz CT molecular complexity index is 266. The molecular weight excluding hydrogens is 224 g/mol. The highest BCUT2D eigenvalue weighted by Gasteiger charge is 2.27. The number of nitrogens with zero attached hydrogens (tertiary/aromatic N) is 1. The van der Waals surface area contributed by atoms with E-state index in [1.54, 1.807) is 0 Å². The largest absolute Gasteiger partial charge is 0.480 e. The van der Waals surface area contributed by atoms with Crippen LogP contribution in [0.4, 0.5) is 4.79 Å². The van der Waals surface area contributed by atoms with Crippen LogP contribution < -0.4 is 5.32 Å². The number of carboxylic acids is 1. The van der Waals surface area contributed by atoms with Gasteiger partial charge in [-0.3, -0.25) is 0 Å². The summed E-state index contributed by atoms with van der Waals surface area (Å²) in [6.07, 6.45) is -0.343. The summed E-state index contributed by atoms with van der Waals surface area (Å²) in [6.45, 7) is 7.53. The van der Waals surface area contributed by atoms with E-state index in [4.69, 9.17) is 5.11 Å². The molecular formula is C11H22N2O4. The van der Waals surface area contributed by atoms with Crippen molar-refractivity contribution in [2.75, 3.05) is 6.54 Å². The quantitative estimate of drug-likeness (QED) is 0.642. The molecule has 0 heterocycles. The molecule has 0 fully saturated rings. The molecule has 0 aliphatic carbocycles. The Labute approximate surface area is 102 Å². The van der Waals surface area contributed by atoms with E-state index in [0.29, 0.717) is 6.54 Å². The third-order valence-corrected chi connectivity index (χ3v) is 2.38. The number of aliphatic hydroxyl groups is 1. The highest BCUT2D eigenvalue weighted by molar-refractivity contribution is 5.83. The lowest BCUT2D eigenvalue weighted by molar-refractivity contribution is -0.141. The first-order valence-corrected chi connectivity index (χ1v) is 5.79. The SMILES string of the molecule is CCCN(C(=O)N[C@H](C(=O)O)[C@@H](C)O)C(C)C. The number of hydrogen-bond donors (Lipinski definition) is 3. The van der Waals surface area contributed by atoms with E-state index in [2.05, 4.69) is 5.32 Å². The van der Waals surface area contributed by atoms with Crippen molar-refractivity contribution in [1.82, 2.24) is 10.2 Å². The molecule has 0 radical (unpaired) electrons. The Morgan fingerprint density at radius 3 is 2.12 bits per heavy atom. The number of carbonyl (C=O) groups is 2. The van der Waals surface area contributed by atoms with Gasteiger partial charge in [0.1, 0.15) is 0 Å². The number of carboxylic acid groups (broad SMARTS) is 1. The van der Waals surface area contributed by atoms with Gasteiger partial charge in [-0.05, 0) is 27.2 Å². The van der Waals surface area contributed by atoms with Crippen LogP contribution in [-0.4, -0.2) is 51.8 Å². The zero-order valence-electron chi connectivity index (χ0n) is 10.8. The maximum Gasteiger partial charge on any atom is 0.328 e. The molecule has 6 heteroatoms. The molecule has 17 heavy (non-hydrogen) atoms. The number of urea groups is 1. The van der Waals surface area contributed by atoms with Crippen LogP contribution in [-0.2, 0) is 4.79 Å². The van der Waals surface area contributed by atoms with Crippen LogP contribution in [0, 0.1) is 0 Å². The fourth-order valence-corrected chi connectivity index (χ4v) is 1.44. The first-order chi connectivity index (χ1) is 7.81. The first-order valence-electron chi connectivity index (χ1n) is 5.79. The van der Waals surface area contributed by atoms with Gasteiger partial charge >= 0.3 is 12.0 Å². The van der Waals surface area contributed by atoms with Crippen LogP contribution in [0.1, 0.15) is 34.1 Å². The molecule has 0 aliphatic rings. The molecule has 0 aromatic carbocycles. The Morgan fingerprint density at radius 2 is 1.82 bits per heavy atom. The monoisotopic (exact) mass is 246 g/mol. The molecule has 0 aliphatic heterocycles. The molecule has 0 saturated carbocycles. The number of nitrogens with one attached hydrogen (secondary N) is 1. The standard InChI is InChI=1S/C11H22N2O4/c1-5-6-13(7(2)3)11(17)12-9(8(4)14)10(15)16/h7-9,14H,5-6H2,1-4H3,(H,12,17)(H,15,16)/t8-,9+/m1/s1. The van der Waals surface area contributed by atoms with Gasteiger partial charge in [-0.2, -0.15) is 0 Å². The van der Waals surface area contributed by atoms with Gasteiger partial charge in [0, 0.05) is 12.6 Å². The number of aliphatic carboxylic acids is 1. The van der Waals surface area contributed by atoms with Crippen molar-refractivity contribution in [3.8, 4) is 0 Å². The summed E-state index contributed by atoms with van der Waals surface area (Å²) < 4.78 is 0. The molecule has 0 saturated heterocycles. The van der Waals surface area contributed by atoms with E-state index < -0.39 is 24.1 Å². The maximum absolute atomic E-state index is 11.8. The zero-order chi connectivity index (χ0) is 13.6. The van der Waals surface area contributed by atoms with Gasteiger partial charge in [-0.25, -0.2) is 9.59 Å². The second-order valence-electron chi connectivity index (χ2n) is 4.29. The summed E-state index contributed by atoms with van der Waals surface area (Å²) >= 11 is 0. The predicted molar refractivity (Wildman–Crippen MR) is 63.8 cm³/mol. The zero-order valence-corrected chi connectivity index (χ0v) is 10.8. The van der Waals surface area contributed by atoms with Crippen LogP contribution in [0.25, 0.3) is 0 Å². The van der Waals surface area contributed by atoms with E-state index in [-0.39, 0.29) is 6.04 Å². The smallest absolute Gasteiger partial charge is 0.328 e. The minimum Gasteiger partial charge on any atom is -0.480 e. The fraction of sp³-hybridized carbons (Fsp3) is 0.818. The minimum atomic E-state index is -1.28. The van der Waals surface area contributed by atoms with Crippen LogP contribution >= 0.6 is 0 Å². The van der Waals surface area contributed by atoms with E-state index in [1.165, 1.54) is 11.8 Å². The number of amides is 2. The van der Waals surface area contributed by atoms with Crippen molar-refractivity contribution in [1.29, 1.82) is 0 Å². The third-order valence-electron chi connectivity index (χ3n) is 2.38. The van der Waals surface area contributed by atoms with Crippen LogP contribution in [0.3, 0.4) is 0 Å². The predicted octanol–water partition coefficient (Wildman–Crippen LogP) is 0.650. The van der Waals surface area contributed by atoms with Gasteiger partial charge < -0.3 is 20.4 Å². The molecule has 0 unspecified atom stereocenters. The van der Waals surface area contributed by atoms with Crippen molar-refractivity contribution < 1.29 is 19.8 Å². The van der Waals surface area contributed by atoms with Crippen LogP contribution in [0.15, 0.2) is 0 Å². The van der Waals surface area contributed by atoms with Crippen molar-refractivity contribution in [2.24, 2.45) is 0 Å². The summed E-state index contributed by atoms with van der Waals surface area (Å²) in [5, 5.41) is 20.4. The average Bonchev–Trinajstić information content (AvgIpc) is 2.20. The molecule has 0 aromatic rings. The fourth-order valence-electron chi connectivity index (χ4n) is 1.44. The summed E-state index contributed by atoms with van der Waals surface area (Å²) in [7, 11) is 0. The third kappa shape index (κ3) is 5.04. The lowest BCUT2D eigenvalue weighted by Crippen LogP contribution is -2.53. The first kappa shape index (κ1) is 15.7. The van der Waals surface area contributed by atoms with Crippen LogP contribution in [0.5, 0.6) is 0 Å². The molecule has 0 aromatic heterocycles. The van der Waals surface area contributed by atoms with Crippen molar-refractivity contribution in [3.05, 3.63) is 0 Å². The Morgan fingerprint density at radius 1 is 1.29 bits per heavy atom. The molecule has 6 nitrogen and oxygen atoms in total. The molecule has 2 atom stereocenters. The molecule has 0 spiro atoms. The van der Waals surface area contributed by atoms with E-state index in [9.17, 15) is 14.7 Å². The summed E-state index contributed by atoms with van der Waals surface area (Å²) in [5.41, 5.74) is 0. The molecule has 100 valence electrons. The van der Waals surface area contributed by atoms with Crippen molar-refractivity contribution >= 4 is 12.0 Å². The van der Waals surface area contributed by atoms with Crippen LogP contribution in [0.2, 0.25) is 0 Å². The van der Waals surface area contributed by atoms with Gasteiger partial charge in [0.15, 0.2) is 6.04 Å². The van der Waals surface area contributed by atoms with Crippen molar-refractivity contribution in [3.63, 3.8) is 0 Å². The second kappa shape index (κ2) is 7.11. The average molecular weight is 246 g/mol. The van der Waals surface area contributed by atoms with Gasteiger partial charge in [0.05, 0.1) is 6.10 Å². The van der Waals surface area contributed by atoms with Gasteiger partial charge in [-0.15, -0.1) is 0 Å². The highest BCUT2D eigenvalue weighted by Crippen LogP contribution is 2.02. The number of carbonyl (C=O) groups excluding carboxylic acids is 1. The van der Waals surface area contributed by atoms with Crippen molar-refractivity contribution in [2.45, 2.75) is 52.3 Å². The molecule has 3 N–H and O–H groups in total. The molecule has 2 amide bonds. The summed E-state index contributed by atoms with van der Waals surface area (Å²) in [4.78, 5) is 24.2. The minimum absolute atomic E-state index is 0.0154. The number of rotatable bonds is 6. The second-order valence-corrected chi connectivity index (χ2v) is 4.29. The lowest BCUT2D eigenvalue weighted by atomic mass is 10.2. The number of aliphatic hydroxyl groups excluding tert-OH is 1. The summed E-state index contributed by atoms with van der Waals surface area (Å²) in [6, 6.07) is -1.76. The van der Waals surface area contributed by atoms with E-state index in [1.807, 2.05) is 20.8 Å². The Kier molecular flexibility index (Phi) is 6.57. The lowest BCUT2D eigenvalue weighted by Gasteiger charge is -2.28.